The van der Waals surface area contributed by atoms with Gasteiger partial charge in [-0.05, 0) is 11.6 Å². The molecule has 4 aromatic heterocycles. The van der Waals surface area contributed by atoms with Crippen LogP contribution in [0.4, 0.5) is 11.6 Å². The highest BCUT2D eigenvalue weighted by molar-refractivity contribution is 5.63. The molecule has 0 aliphatic rings. The number of hydrogen-bond donors (Lipinski definition) is 3. The van der Waals surface area contributed by atoms with Gasteiger partial charge >= 0.3 is 0 Å². The monoisotopic (exact) mass is 363 g/mol. The maximum Gasteiger partial charge on any atom is 0.216 e. The molecule has 0 unspecified atom stereocenters. The van der Waals surface area contributed by atoms with E-state index in [4.69, 9.17) is 10.6 Å². The van der Waals surface area contributed by atoms with Gasteiger partial charge < -0.3 is 14.8 Å². The van der Waals surface area contributed by atoms with Gasteiger partial charge in [0.25, 0.3) is 0 Å². The van der Waals surface area contributed by atoms with Crippen LogP contribution < -0.4 is 5.32 Å². The highest BCUT2D eigenvalue weighted by atomic mass is 16.3. The molecule has 10 heteroatoms. The summed E-state index contributed by atoms with van der Waals surface area (Å²) < 4.78 is 3.57. The predicted octanol–water partition coefficient (Wildman–Crippen LogP) is 2.25. The minimum absolute atomic E-state index is 0.0114. The van der Waals surface area contributed by atoms with Crippen LogP contribution in [0.5, 0.6) is 0 Å². The van der Waals surface area contributed by atoms with Crippen molar-refractivity contribution in [3.8, 4) is 11.3 Å². The van der Waals surface area contributed by atoms with Gasteiger partial charge in [0.15, 0.2) is 5.82 Å². The summed E-state index contributed by atoms with van der Waals surface area (Å²) in [6.45, 7) is 0.922. The number of anilines is 1. The number of nitrogens with one attached hydrogen (secondary N) is 2. The molecule has 0 atom stereocenters. The molecule has 4 aromatic rings. The molecular formula is C17H17N9O. The second kappa shape index (κ2) is 7.30. The standard InChI is InChI=1S/C17H17N9O/c18-24-17-16(20-7-12-1-2-15-19-3-4-25(15)10-12)23-14(9-21-17)13-8-22-26(11-13)5-6-27/h1-4,8-11,18,27H,5-7H2,(H,20,23). The Balaban J connectivity index is 1.57. The van der Waals surface area contributed by atoms with Crippen molar-refractivity contribution in [2.45, 2.75) is 13.1 Å². The van der Waals surface area contributed by atoms with E-state index in [2.05, 4.69) is 30.5 Å². The zero-order chi connectivity index (χ0) is 18.6. The van der Waals surface area contributed by atoms with E-state index in [1.165, 1.54) is 0 Å². The van der Waals surface area contributed by atoms with Crippen molar-refractivity contribution < 1.29 is 5.11 Å². The number of imidazole rings is 1. The van der Waals surface area contributed by atoms with Crippen LogP contribution in [0.25, 0.3) is 16.9 Å². The van der Waals surface area contributed by atoms with Gasteiger partial charge in [-0.25, -0.2) is 20.5 Å². The molecule has 0 saturated heterocycles. The number of aliphatic hydroxyl groups excluding tert-OH is 1. The fourth-order valence-electron chi connectivity index (χ4n) is 2.70. The molecule has 0 aliphatic carbocycles. The molecule has 27 heavy (non-hydrogen) atoms. The van der Waals surface area contributed by atoms with Crippen molar-refractivity contribution >= 4 is 17.3 Å². The Labute approximate surface area is 154 Å². The molecule has 136 valence electrons. The van der Waals surface area contributed by atoms with Crippen LogP contribution in [0.15, 0.2) is 54.4 Å². The number of nitrogens with zero attached hydrogens (tertiary/aromatic N) is 7. The van der Waals surface area contributed by atoms with Crippen molar-refractivity contribution in [3.05, 3.63) is 54.9 Å². The first-order chi connectivity index (χ1) is 13.3. The smallest absolute Gasteiger partial charge is 0.216 e. The van der Waals surface area contributed by atoms with Gasteiger partial charge in [0.1, 0.15) is 5.65 Å². The van der Waals surface area contributed by atoms with Crippen molar-refractivity contribution in [1.82, 2.24) is 29.1 Å². The maximum atomic E-state index is 9.00. The number of aliphatic hydroxyl groups is 1. The number of fused-ring (bicyclic) bond motifs is 1. The fraction of sp³-hybridized carbons (Fsp3) is 0.176. The lowest BCUT2D eigenvalue weighted by molar-refractivity contribution is 0.269. The number of pyridine rings is 1. The normalized spacial score (nSPS) is 11.0. The lowest BCUT2D eigenvalue weighted by atomic mass is 10.2. The molecule has 0 saturated carbocycles. The minimum Gasteiger partial charge on any atom is -0.394 e. The van der Waals surface area contributed by atoms with Crippen LogP contribution in [0, 0.1) is 5.53 Å². The Bertz CT molecular complexity index is 1080. The molecule has 0 radical (unpaired) electrons. The van der Waals surface area contributed by atoms with Crippen LogP contribution in [-0.4, -0.2) is 40.8 Å². The van der Waals surface area contributed by atoms with Crippen molar-refractivity contribution in [2.75, 3.05) is 11.9 Å². The molecule has 0 fully saturated rings. The molecule has 0 aliphatic heterocycles. The molecular weight excluding hydrogens is 346 g/mol. The van der Waals surface area contributed by atoms with E-state index >= 15 is 0 Å². The van der Waals surface area contributed by atoms with Gasteiger partial charge in [0, 0.05) is 36.9 Å². The van der Waals surface area contributed by atoms with Gasteiger partial charge in [0.05, 0.1) is 31.2 Å². The zero-order valence-corrected chi connectivity index (χ0v) is 14.3. The summed E-state index contributed by atoms with van der Waals surface area (Å²) in [6.07, 6.45) is 10.6. The molecule has 0 bridgehead atoms. The Kier molecular flexibility index (Phi) is 4.54. The lowest BCUT2D eigenvalue weighted by Gasteiger charge is -2.09. The first-order valence-corrected chi connectivity index (χ1v) is 8.30. The van der Waals surface area contributed by atoms with Gasteiger partial charge in [0.2, 0.25) is 5.82 Å². The third kappa shape index (κ3) is 3.51. The predicted molar refractivity (Wildman–Crippen MR) is 97.7 cm³/mol. The van der Waals surface area contributed by atoms with Crippen molar-refractivity contribution in [2.24, 2.45) is 5.11 Å². The Morgan fingerprint density at radius 2 is 2.11 bits per heavy atom. The quantitative estimate of drug-likeness (QED) is 0.432. The molecule has 0 spiro atoms. The largest absolute Gasteiger partial charge is 0.394 e. The number of aromatic nitrogens is 6. The highest BCUT2D eigenvalue weighted by Gasteiger charge is 2.10. The molecule has 4 rings (SSSR count). The van der Waals surface area contributed by atoms with E-state index in [0.29, 0.717) is 24.6 Å². The van der Waals surface area contributed by atoms with Crippen LogP contribution in [0.1, 0.15) is 5.56 Å². The average Bonchev–Trinajstić information content (AvgIpc) is 3.35. The first-order valence-electron chi connectivity index (χ1n) is 8.30. The highest BCUT2D eigenvalue weighted by Crippen LogP contribution is 2.25. The summed E-state index contributed by atoms with van der Waals surface area (Å²) >= 11 is 0. The second-order valence-electron chi connectivity index (χ2n) is 5.84. The van der Waals surface area contributed by atoms with Crippen LogP contribution in [0.3, 0.4) is 0 Å². The van der Waals surface area contributed by atoms with E-state index in [0.717, 1.165) is 16.8 Å². The van der Waals surface area contributed by atoms with Crippen LogP contribution >= 0.6 is 0 Å². The summed E-state index contributed by atoms with van der Waals surface area (Å²) in [7, 11) is 0. The van der Waals surface area contributed by atoms with Gasteiger partial charge in [-0.3, -0.25) is 4.68 Å². The molecule has 0 amide bonds. The summed E-state index contributed by atoms with van der Waals surface area (Å²) in [5, 5.41) is 19.8. The second-order valence-corrected chi connectivity index (χ2v) is 5.84. The molecule has 3 N–H and O–H groups in total. The van der Waals surface area contributed by atoms with E-state index in [1.54, 1.807) is 29.5 Å². The Morgan fingerprint density at radius 1 is 1.19 bits per heavy atom. The lowest BCUT2D eigenvalue weighted by Crippen LogP contribution is -2.04. The third-order valence-electron chi connectivity index (χ3n) is 4.03. The molecule has 0 aromatic carbocycles. The van der Waals surface area contributed by atoms with E-state index in [1.807, 2.05) is 28.9 Å². The number of hydrogen-bond acceptors (Lipinski definition) is 8. The molecule has 10 nitrogen and oxygen atoms in total. The minimum atomic E-state index is 0.0114. The van der Waals surface area contributed by atoms with Crippen LogP contribution in [0.2, 0.25) is 0 Å². The topological polar surface area (TPSA) is 129 Å². The van der Waals surface area contributed by atoms with E-state index in [-0.39, 0.29) is 12.4 Å². The number of rotatable bonds is 7. The first kappa shape index (κ1) is 16.8. The van der Waals surface area contributed by atoms with Gasteiger partial charge in [-0.2, -0.15) is 5.10 Å². The summed E-state index contributed by atoms with van der Waals surface area (Å²) in [5.74, 6) is 0.633. The van der Waals surface area contributed by atoms with Gasteiger partial charge in [-0.15, -0.1) is 5.11 Å². The van der Waals surface area contributed by atoms with E-state index in [9.17, 15) is 0 Å². The summed E-state index contributed by atoms with van der Waals surface area (Å²) in [5.41, 5.74) is 10.6. The fourth-order valence-corrected chi connectivity index (χ4v) is 2.70. The van der Waals surface area contributed by atoms with E-state index < -0.39 is 0 Å². The van der Waals surface area contributed by atoms with Crippen LogP contribution in [-0.2, 0) is 13.1 Å². The van der Waals surface area contributed by atoms with Crippen molar-refractivity contribution in [3.63, 3.8) is 0 Å². The zero-order valence-electron chi connectivity index (χ0n) is 14.3. The average molecular weight is 363 g/mol. The third-order valence-corrected chi connectivity index (χ3v) is 4.03. The Morgan fingerprint density at radius 3 is 2.96 bits per heavy atom. The van der Waals surface area contributed by atoms with Gasteiger partial charge in [-0.1, -0.05) is 6.07 Å². The molecule has 4 heterocycles. The van der Waals surface area contributed by atoms with Crippen molar-refractivity contribution in [1.29, 1.82) is 5.53 Å². The summed E-state index contributed by atoms with van der Waals surface area (Å²) in [4.78, 5) is 13.0. The maximum absolute atomic E-state index is 9.00. The Hall–Kier alpha value is -3.66. The SMILES string of the molecule is N=Nc1ncc(-c2cnn(CCO)c2)nc1NCc1ccc2nccn2c1. The summed E-state index contributed by atoms with van der Waals surface area (Å²) in [6, 6.07) is 3.91.